The molecule has 0 N–H and O–H groups in total. The number of nitrogens with zero attached hydrogens (tertiary/aromatic N) is 4. The van der Waals surface area contributed by atoms with Gasteiger partial charge in [0.2, 0.25) is 11.8 Å². The quantitative estimate of drug-likeness (QED) is 0.738. The number of rotatable bonds is 4. The summed E-state index contributed by atoms with van der Waals surface area (Å²) in [5, 5.41) is 9.68. The molecule has 2 aliphatic heterocycles. The Kier molecular flexibility index (Phi) is 6.72. The van der Waals surface area contributed by atoms with Gasteiger partial charge in [-0.3, -0.25) is 14.5 Å². The van der Waals surface area contributed by atoms with E-state index in [9.17, 15) is 14.9 Å². The smallest absolute Gasteiger partial charge is 0.237 e. The number of hydrogen-bond donors (Lipinski definition) is 0. The molecule has 1 aliphatic carbocycles. The van der Waals surface area contributed by atoms with Crippen LogP contribution in [0.5, 0.6) is 0 Å². The molecule has 0 aromatic carbocycles. The topological polar surface area (TPSA) is 76.9 Å². The minimum atomic E-state index is -0.625. The molecule has 7 nitrogen and oxygen atoms in total. The second kappa shape index (κ2) is 9.03. The lowest BCUT2D eigenvalue weighted by molar-refractivity contribution is -0.141. The van der Waals surface area contributed by atoms with Gasteiger partial charge in [0.05, 0.1) is 25.8 Å². The molecule has 2 saturated heterocycles. The van der Waals surface area contributed by atoms with Crippen LogP contribution in [0.3, 0.4) is 0 Å². The Morgan fingerprint density at radius 1 is 1.11 bits per heavy atom. The number of nitriles is 1. The molecule has 0 aromatic heterocycles. The van der Waals surface area contributed by atoms with E-state index in [-0.39, 0.29) is 17.7 Å². The average Bonchev–Trinajstić information content (AvgIpc) is 2.74. The maximum absolute atomic E-state index is 12.8. The van der Waals surface area contributed by atoms with Crippen LogP contribution in [0, 0.1) is 17.2 Å². The Bertz CT molecular complexity index is 568. The monoisotopic (exact) mass is 376 g/mol. The van der Waals surface area contributed by atoms with Crippen LogP contribution < -0.4 is 0 Å². The first-order valence-electron chi connectivity index (χ1n) is 10.3. The number of likely N-dealkylation sites (tertiary alicyclic amines) is 1. The SMILES string of the molecule is CN(C(=O)CN1CCC(C(=O)N2CCOCC2)CC1)C1(C#N)CCCCC1. The first kappa shape index (κ1) is 20.1. The van der Waals surface area contributed by atoms with Gasteiger partial charge in [-0.1, -0.05) is 19.3 Å². The Morgan fingerprint density at radius 2 is 1.74 bits per heavy atom. The van der Waals surface area contributed by atoms with Crippen LogP contribution in [0.15, 0.2) is 0 Å². The number of carbonyl (C=O) groups excluding carboxylic acids is 2. The summed E-state index contributed by atoms with van der Waals surface area (Å²) in [7, 11) is 1.78. The Hall–Kier alpha value is -1.65. The van der Waals surface area contributed by atoms with Crippen molar-refractivity contribution in [1.29, 1.82) is 5.26 Å². The van der Waals surface area contributed by atoms with Gasteiger partial charge in [0.15, 0.2) is 0 Å². The van der Waals surface area contributed by atoms with Crippen molar-refractivity contribution in [2.75, 3.05) is 53.0 Å². The van der Waals surface area contributed by atoms with Crippen molar-refractivity contribution in [2.45, 2.75) is 50.5 Å². The molecule has 7 heteroatoms. The van der Waals surface area contributed by atoms with Gasteiger partial charge in [0.1, 0.15) is 5.54 Å². The zero-order valence-corrected chi connectivity index (χ0v) is 16.5. The molecule has 2 amide bonds. The minimum Gasteiger partial charge on any atom is -0.378 e. The molecule has 0 radical (unpaired) electrons. The van der Waals surface area contributed by atoms with Gasteiger partial charge in [0.25, 0.3) is 0 Å². The number of hydrogen-bond acceptors (Lipinski definition) is 5. The van der Waals surface area contributed by atoms with Gasteiger partial charge < -0.3 is 14.5 Å². The summed E-state index contributed by atoms with van der Waals surface area (Å²) in [6.45, 7) is 4.52. The zero-order chi connectivity index (χ0) is 19.3. The number of ether oxygens (including phenoxy) is 1. The van der Waals surface area contributed by atoms with Gasteiger partial charge >= 0.3 is 0 Å². The summed E-state index contributed by atoms with van der Waals surface area (Å²) >= 11 is 0. The van der Waals surface area contributed by atoms with Gasteiger partial charge in [-0.25, -0.2) is 0 Å². The normalized spacial score (nSPS) is 24.2. The largest absolute Gasteiger partial charge is 0.378 e. The molecule has 3 rings (SSSR count). The molecular formula is C20H32N4O3. The maximum Gasteiger partial charge on any atom is 0.237 e. The summed E-state index contributed by atoms with van der Waals surface area (Å²) in [5.41, 5.74) is -0.625. The van der Waals surface area contributed by atoms with Crippen molar-refractivity contribution in [1.82, 2.24) is 14.7 Å². The van der Waals surface area contributed by atoms with Crippen LogP contribution in [0.1, 0.15) is 44.9 Å². The third-order valence-electron chi connectivity index (χ3n) is 6.52. The second-order valence-electron chi connectivity index (χ2n) is 8.14. The third kappa shape index (κ3) is 4.61. The lowest BCUT2D eigenvalue weighted by Gasteiger charge is -2.40. The first-order valence-corrected chi connectivity index (χ1v) is 10.3. The van der Waals surface area contributed by atoms with Crippen molar-refractivity contribution in [3.63, 3.8) is 0 Å². The van der Waals surface area contributed by atoms with Gasteiger partial charge in [-0.05, 0) is 38.8 Å². The van der Waals surface area contributed by atoms with Crippen LogP contribution in [0.25, 0.3) is 0 Å². The third-order valence-corrected chi connectivity index (χ3v) is 6.52. The Balaban J connectivity index is 1.47. The fourth-order valence-electron chi connectivity index (χ4n) is 4.57. The van der Waals surface area contributed by atoms with Crippen molar-refractivity contribution < 1.29 is 14.3 Å². The number of amides is 2. The Labute approximate surface area is 162 Å². The molecule has 0 bridgehead atoms. The standard InChI is InChI=1S/C20H32N4O3/c1-22(20(16-21)7-3-2-4-8-20)18(25)15-23-9-5-17(6-10-23)19(26)24-11-13-27-14-12-24/h17H,2-15H2,1H3. The summed E-state index contributed by atoms with van der Waals surface area (Å²) < 4.78 is 5.32. The predicted molar refractivity (Wildman–Crippen MR) is 101 cm³/mol. The van der Waals surface area contributed by atoms with E-state index in [1.807, 2.05) is 4.90 Å². The van der Waals surface area contributed by atoms with E-state index in [1.54, 1.807) is 11.9 Å². The van der Waals surface area contributed by atoms with Gasteiger partial charge in [-0.2, -0.15) is 5.26 Å². The fourth-order valence-corrected chi connectivity index (χ4v) is 4.57. The van der Waals surface area contributed by atoms with Gasteiger partial charge in [-0.15, -0.1) is 0 Å². The average molecular weight is 377 g/mol. The lowest BCUT2D eigenvalue weighted by atomic mass is 9.81. The second-order valence-corrected chi connectivity index (χ2v) is 8.14. The molecule has 0 spiro atoms. The molecule has 3 fully saturated rings. The Morgan fingerprint density at radius 3 is 2.33 bits per heavy atom. The van der Waals surface area contributed by atoms with Crippen molar-refractivity contribution in [3.8, 4) is 6.07 Å². The highest BCUT2D eigenvalue weighted by Crippen LogP contribution is 2.32. The molecule has 1 saturated carbocycles. The van der Waals surface area contributed by atoms with E-state index in [0.717, 1.165) is 58.0 Å². The summed E-state index contributed by atoms with van der Waals surface area (Å²) in [6, 6.07) is 2.42. The molecule has 150 valence electrons. The van der Waals surface area contributed by atoms with Crippen molar-refractivity contribution in [3.05, 3.63) is 0 Å². The molecule has 27 heavy (non-hydrogen) atoms. The van der Waals surface area contributed by atoms with E-state index in [4.69, 9.17) is 4.74 Å². The predicted octanol–water partition coefficient (Wildman–Crippen LogP) is 1.24. The number of likely N-dealkylation sites (N-methyl/N-ethyl adjacent to an activating group) is 1. The molecule has 2 heterocycles. The highest BCUT2D eigenvalue weighted by molar-refractivity contribution is 5.80. The summed E-state index contributed by atoms with van der Waals surface area (Å²) in [6.07, 6.45) is 6.34. The van der Waals surface area contributed by atoms with E-state index in [2.05, 4.69) is 11.0 Å². The zero-order valence-electron chi connectivity index (χ0n) is 16.5. The van der Waals surface area contributed by atoms with Crippen LogP contribution in [-0.4, -0.2) is 85.0 Å². The van der Waals surface area contributed by atoms with E-state index in [1.165, 1.54) is 0 Å². The molecule has 0 unspecified atom stereocenters. The first-order chi connectivity index (χ1) is 13.1. The number of carbonyl (C=O) groups is 2. The molecular weight excluding hydrogens is 344 g/mol. The van der Waals surface area contributed by atoms with Crippen molar-refractivity contribution in [2.24, 2.45) is 5.92 Å². The van der Waals surface area contributed by atoms with Crippen molar-refractivity contribution >= 4 is 11.8 Å². The van der Waals surface area contributed by atoms with E-state index < -0.39 is 5.54 Å². The van der Waals surface area contributed by atoms with Crippen LogP contribution in [-0.2, 0) is 14.3 Å². The summed E-state index contributed by atoms with van der Waals surface area (Å²) in [5.74, 6) is 0.333. The van der Waals surface area contributed by atoms with Crippen LogP contribution >= 0.6 is 0 Å². The van der Waals surface area contributed by atoms with E-state index in [0.29, 0.717) is 32.8 Å². The molecule has 0 atom stereocenters. The van der Waals surface area contributed by atoms with Crippen LogP contribution in [0.2, 0.25) is 0 Å². The summed E-state index contributed by atoms with van der Waals surface area (Å²) in [4.78, 5) is 31.1. The van der Waals surface area contributed by atoms with Crippen LogP contribution in [0.4, 0.5) is 0 Å². The van der Waals surface area contributed by atoms with E-state index >= 15 is 0 Å². The number of morpholine rings is 1. The maximum atomic E-state index is 12.8. The molecule has 3 aliphatic rings. The highest BCUT2D eigenvalue weighted by atomic mass is 16.5. The number of piperidine rings is 1. The van der Waals surface area contributed by atoms with Gasteiger partial charge in [0, 0.05) is 26.1 Å². The minimum absolute atomic E-state index is 0.0244. The highest BCUT2D eigenvalue weighted by Gasteiger charge is 2.39. The lowest BCUT2D eigenvalue weighted by Crippen LogP contribution is -2.53. The fraction of sp³-hybridized carbons (Fsp3) is 0.850. The molecule has 0 aromatic rings.